The summed E-state index contributed by atoms with van der Waals surface area (Å²) in [4.78, 5) is 13.7. The third-order valence-corrected chi connectivity index (χ3v) is 2.59. The van der Waals surface area contributed by atoms with Crippen LogP contribution < -0.4 is 0 Å². The zero-order valence-electron chi connectivity index (χ0n) is 9.20. The molecule has 1 fully saturated rings. The Morgan fingerprint density at radius 2 is 2.00 bits per heavy atom. The van der Waals surface area contributed by atoms with Crippen LogP contribution in [0.5, 0.6) is 0 Å². The lowest BCUT2D eigenvalue weighted by Crippen LogP contribution is -2.40. The van der Waals surface area contributed by atoms with Crippen molar-refractivity contribution in [2.24, 2.45) is 0 Å². The predicted molar refractivity (Wildman–Crippen MR) is 57.9 cm³/mol. The molecule has 1 saturated heterocycles. The van der Waals surface area contributed by atoms with Crippen LogP contribution in [0, 0.1) is 12.7 Å². The first-order chi connectivity index (χ1) is 7.66. The van der Waals surface area contributed by atoms with Gasteiger partial charge in [0.05, 0.1) is 13.2 Å². The van der Waals surface area contributed by atoms with Gasteiger partial charge in [-0.3, -0.25) is 4.79 Å². The highest BCUT2D eigenvalue weighted by atomic mass is 19.1. The summed E-state index contributed by atoms with van der Waals surface area (Å²) in [6.45, 7) is 4.04. The molecule has 1 aliphatic rings. The molecule has 0 radical (unpaired) electrons. The van der Waals surface area contributed by atoms with E-state index < -0.39 is 0 Å². The number of morpholine rings is 1. The minimum Gasteiger partial charge on any atom is -0.378 e. The van der Waals surface area contributed by atoms with Crippen molar-refractivity contribution in [2.75, 3.05) is 26.3 Å². The Balaban J connectivity index is 2.19. The first-order valence-electron chi connectivity index (χ1n) is 5.31. The lowest BCUT2D eigenvalue weighted by Gasteiger charge is -2.26. The van der Waals surface area contributed by atoms with Crippen LogP contribution in [0.2, 0.25) is 0 Å². The second-order valence-corrected chi connectivity index (χ2v) is 3.92. The zero-order valence-corrected chi connectivity index (χ0v) is 9.20. The predicted octanol–water partition coefficient (Wildman–Crippen LogP) is 1.61. The molecule has 0 aromatic heterocycles. The Labute approximate surface area is 93.8 Å². The van der Waals surface area contributed by atoms with Gasteiger partial charge in [-0.15, -0.1) is 0 Å². The van der Waals surface area contributed by atoms with E-state index in [1.807, 2.05) is 0 Å². The molecule has 0 saturated carbocycles. The van der Waals surface area contributed by atoms with Crippen LogP contribution in [0.1, 0.15) is 15.9 Å². The number of nitrogens with zero attached hydrogens (tertiary/aromatic N) is 1. The van der Waals surface area contributed by atoms with Crippen molar-refractivity contribution in [1.82, 2.24) is 4.90 Å². The van der Waals surface area contributed by atoms with Crippen LogP contribution in [-0.2, 0) is 4.74 Å². The summed E-state index contributed by atoms with van der Waals surface area (Å²) < 4.78 is 18.3. The molecule has 1 aromatic rings. The third kappa shape index (κ3) is 2.39. The van der Waals surface area contributed by atoms with Crippen LogP contribution in [-0.4, -0.2) is 37.1 Å². The van der Waals surface area contributed by atoms with Crippen molar-refractivity contribution in [3.05, 3.63) is 35.1 Å². The van der Waals surface area contributed by atoms with E-state index in [-0.39, 0.29) is 11.7 Å². The average molecular weight is 223 g/mol. The van der Waals surface area contributed by atoms with Crippen LogP contribution >= 0.6 is 0 Å². The van der Waals surface area contributed by atoms with Crippen LogP contribution in [0.3, 0.4) is 0 Å². The van der Waals surface area contributed by atoms with Crippen molar-refractivity contribution in [3.63, 3.8) is 0 Å². The van der Waals surface area contributed by atoms with E-state index in [9.17, 15) is 9.18 Å². The Bertz CT molecular complexity index is 380. The first-order valence-corrected chi connectivity index (χ1v) is 5.31. The van der Waals surface area contributed by atoms with Gasteiger partial charge in [-0.2, -0.15) is 0 Å². The molecule has 1 amide bonds. The molecule has 86 valence electrons. The van der Waals surface area contributed by atoms with Gasteiger partial charge in [-0.25, -0.2) is 4.39 Å². The molecular formula is C12H14FNO2. The Morgan fingerprint density at radius 3 is 2.62 bits per heavy atom. The van der Waals surface area contributed by atoms with Gasteiger partial charge in [0.25, 0.3) is 5.91 Å². The van der Waals surface area contributed by atoms with Gasteiger partial charge < -0.3 is 9.64 Å². The summed E-state index contributed by atoms with van der Waals surface area (Å²) >= 11 is 0. The summed E-state index contributed by atoms with van der Waals surface area (Å²) in [6.07, 6.45) is 0. The summed E-state index contributed by atoms with van der Waals surface area (Å²) in [5.41, 5.74) is 1.18. The number of ether oxygens (including phenoxy) is 1. The highest BCUT2D eigenvalue weighted by molar-refractivity contribution is 5.94. The minimum atomic E-state index is -0.364. The molecule has 0 bridgehead atoms. The normalized spacial score (nSPS) is 16.2. The van der Waals surface area contributed by atoms with Crippen LogP contribution in [0.15, 0.2) is 18.2 Å². The van der Waals surface area contributed by atoms with Crippen LogP contribution in [0.4, 0.5) is 4.39 Å². The van der Waals surface area contributed by atoms with E-state index in [4.69, 9.17) is 4.74 Å². The molecule has 0 unspecified atom stereocenters. The molecular weight excluding hydrogens is 209 g/mol. The molecule has 1 aromatic carbocycles. The van der Waals surface area contributed by atoms with Crippen molar-refractivity contribution < 1.29 is 13.9 Å². The first kappa shape index (κ1) is 11.1. The monoisotopic (exact) mass is 223 g/mol. The number of hydrogen-bond donors (Lipinski definition) is 0. The lowest BCUT2D eigenvalue weighted by atomic mass is 10.1. The topological polar surface area (TPSA) is 29.5 Å². The standard InChI is InChI=1S/C12H14FNO2/c1-9-6-10(8-11(13)7-9)12(15)14-2-4-16-5-3-14/h6-8H,2-5H2,1H3. The number of benzene rings is 1. The Morgan fingerprint density at radius 1 is 1.31 bits per heavy atom. The highest BCUT2D eigenvalue weighted by Gasteiger charge is 2.18. The van der Waals surface area contributed by atoms with Crippen LogP contribution in [0.25, 0.3) is 0 Å². The van der Waals surface area contributed by atoms with Crippen molar-refractivity contribution in [3.8, 4) is 0 Å². The molecule has 1 aliphatic heterocycles. The SMILES string of the molecule is Cc1cc(F)cc(C(=O)N2CCOCC2)c1. The fourth-order valence-corrected chi connectivity index (χ4v) is 1.81. The van der Waals surface area contributed by atoms with Crippen molar-refractivity contribution in [2.45, 2.75) is 6.92 Å². The zero-order chi connectivity index (χ0) is 11.5. The van der Waals surface area contributed by atoms with Gasteiger partial charge in [0.15, 0.2) is 0 Å². The molecule has 0 atom stereocenters. The quantitative estimate of drug-likeness (QED) is 0.723. The summed E-state index contributed by atoms with van der Waals surface area (Å²) in [5, 5.41) is 0. The van der Waals surface area contributed by atoms with Crippen molar-refractivity contribution in [1.29, 1.82) is 0 Å². The fourth-order valence-electron chi connectivity index (χ4n) is 1.81. The molecule has 0 aliphatic carbocycles. The average Bonchev–Trinajstić information content (AvgIpc) is 2.28. The number of halogens is 1. The van der Waals surface area contributed by atoms with Gasteiger partial charge in [0.1, 0.15) is 5.82 Å². The Kier molecular flexibility index (Phi) is 3.19. The van der Waals surface area contributed by atoms with Gasteiger partial charge >= 0.3 is 0 Å². The summed E-state index contributed by atoms with van der Waals surface area (Å²) in [7, 11) is 0. The molecule has 1 heterocycles. The van der Waals surface area contributed by atoms with Gasteiger partial charge in [-0.1, -0.05) is 0 Å². The number of hydrogen-bond acceptors (Lipinski definition) is 2. The number of carbonyl (C=O) groups is 1. The fraction of sp³-hybridized carbons (Fsp3) is 0.417. The van der Waals surface area contributed by atoms with Gasteiger partial charge in [0.2, 0.25) is 0 Å². The van der Waals surface area contributed by atoms with Gasteiger partial charge in [0, 0.05) is 18.7 Å². The lowest BCUT2D eigenvalue weighted by molar-refractivity contribution is 0.0302. The maximum Gasteiger partial charge on any atom is 0.254 e. The van der Waals surface area contributed by atoms with Crippen molar-refractivity contribution >= 4 is 5.91 Å². The third-order valence-electron chi connectivity index (χ3n) is 2.59. The summed E-state index contributed by atoms with van der Waals surface area (Å²) in [5.74, 6) is -0.484. The molecule has 4 heteroatoms. The Hall–Kier alpha value is -1.42. The number of carbonyl (C=O) groups excluding carboxylic acids is 1. The van der Waals surface area contributed by atoms with E-state index in [1.165, 1.54) is 12.1 Å². The largest absolute Gasteiger partial charge is 0.378 e. The number of rotatable bonds is 1. The van der Waals surface area contributed by atoms with E-state index in [0.29, 0.717) is 31.9 Å². The molecule has 3 nitrogen and oxygen atoms in total. The molecule has 0 N–H and O–H groups in total. The molecule has 0 spiro atoms. The van der Waals surface area contributed by atoms with E-state index in [0.717, 1.165) is 5.56 Å². The van der Waals surface area contributed by atoms with E-state index in [2.05, 4.69) is 0 Å². The number of aryl methyl sites for hydroxylation is 1. The van der Waals surface area contributed by atoms with E-state index >= 15 is 0 Å². The molecule has 16 heavy (non-hydrogen) atoms. The van der Waals surface area contributed by atoms with Gasteiger partial charge in [-0.05, 0) is 30.7 Å². The second kappa shape index (κ2) is 4.61. The minimum absolute atomic E-state index is 0.120. The highest BCUT2D eigenvalue weighted by Crippen LogP contribution is 2.12. The smallest absolute Gasteiger partial charge is 0.254 e. The maximum atomic E-state index is 13.2. The van der Waals surface area contributed by atoms with E-state index in [1.54, 1.807) is 17.9 Å². The number of amides is 1. The maximum absolute atomic E-state index is 13.2. The second-order valence-electron chi connectivity index (χ2n) is 3.92. The molecule has 2 rings (SSSR count). The summed E-state index contributed by atoms with van der Waals surface area (Å²) in [6, 6.07) is 4.40.